The molecule has 0 aromatic carbocycles. The number of unbranched alkanes of at least 4 members (excludes halogenated alkanes) is 3. The number of carbonyl (C=O) groups is 1. The first-order chi connectivity index (χ1) is 12.1. The van der Waals surface area contributed by atoms with Crippen molar-refractivity contribution in [3.05, 3.63) is 24.3 Å². The van der Waals surface area contributed by atoms with E-state index in [0.29, 0.717) is 30.5 Å². The highest BCUT2D eigenvalue weighted by molar-refractivity contribution is 5.66. The molecule has 2 heterocycles. The van der Waals surface area contributed by atoms with Crippen LogP contribution >= 0.6 is 0 Å². The third kappa shape index (κ3) is 6.59. The predicted molar refractivity (Wildman–Crippen MR) is 99.4 cm³/mol. The Balaban J connectivity index is 1.78. The van der Waals surface area contributed by atoms with Crippen LogP contribution in [-0.2, 0) is 9.53 Å². The van der Waals surface area contributed by atoms with Gasteiger partial charge in [0.2, 0.25) is 0 Å². The molecule has 2 saturated heterocycles. The Morgan fingerprint density at radius 2 is 2.00 bits per heavy atom. The molecule has 2 fully saturated rings. The van der Waals surface area contributed by atoms with Gasteiger partial charge in [0.1, 0.15) is 0 Å². The summed E-state index contributed by atoms with van der Waals surface area (Å²) in [6, 6.07) is 0. The lowest BCUT2D eigenvalue weighted by Crippen LogP contribution is -2.25. The predicted octanol–water partition coefficient (Wildman–Crippen LogP) is 4.48. The fraction of sp³-hybridized carbons (Fsp3) is 0.762. The van der Waals surface area contributed by atoms with Gasteiger partial charge in [-0.3, -0.25) is 4.79 Å². The first-order valence-corrected chi connectivity index (χ1v) is 10.0. The minimum absolute atomic E-state index is 0.239. The summed E-state index contributed by atoms with van der Waals surface area (Å²) in [6.07, 6.45) is 18.1. The highest BCUT2D eigenvalue weighted by Crippen LogP contribution is 2.45. The Morgan fingerprint density at radius 3 is 2.76 bits per heavy atom. The lowest BCUT2D eigenvalue weighted by atomic mass is 9.77. The third-order valence-electron chi connectivity index (χ3n) is 5.48. The highest BCUT2D eigenvalue weighted by Gasteiger charge is 2.46. The van der Waals surface area contributed by atoms with Crippen molar-refractivity contribution in [2.24, 2.45) is 11.8 Å². The molecule has 4 heteroatoms. The molecule has 0 aliphatic carbocycles. The van der Waals surface area contributed by atoms with Gasteiger partial charge in [0.15, 0.2) is 0 Å². The van der Waals surface area contributed by atoms with Gasteiger partial charge in [-0.15, -0.1) is 0 Å². The summed E-state index contributed by atoms with van der Waals surface area (Å²) in [5.74, 6) is 0.175. The normalized spacial score (nSPS) is 29.8. The smallest absolute Gasteiger partial charge is 0.303 e. The summed E-state index contributed by atoms with van der Waals surface area (Å²) < 4.78 is 6.09. The standard InChI is InChI=1S/C21H34O4/c1-2-3-6-9-16(22)12-13-18-17(19-14-15-20(18)25-19)10-7-4-5-8-11-21(23)24/h4,7,12-13,16-20,22H,2-3,5-6,8-11,14-15H2,1H3,(H,23,24)/t16?,17-,18+,19+,20-/m1/s1. The van der Waals surface area contributed by atoms with Crippen molar-refractivity contribution in [1.29, 1.82) is 0 Å². The fourth-order valence-electron chi connectivity index (χ4n) is 4.09. The SMILES string of the molecule is CCCCCC(O)C=C[C@H]1[C@@H](CC=CCCCC(=O)O)[C@@H]2CC[C@H]1O2. The van der Waals surface area contributed by atoms with E-state index in [2.05, 4.69) is 25.2 Å². The van der Waals surface area contributed by atoms with Gasteiger partial charge in [0.05, 0.1) is 18.3 Å². The van der Waals surface area contributed by atoms with Gasteiger partial charge in [0.25, 0.3) is 0 Å². The van der Waals surface area contributed by atoms with E-state index in [1.165, 1.54) is 12.8 Å². The number of ether oxygens (including phenoxy) is 1. The molecule has 0 aromatic rings. The lowest BCUT2D eigenvalue weighted by molar-refractivity contribution is -0.137. The Hall–Kier alpha value is -1.13. The molecule has 4 nitrogen and oxygen atoms in total. The average Bonchev–Trinajstić information content (AvgIpc) is 3.17. The molecular weight excluding hydrogens is 316 g/mol. The second kappa shape index (κ2) is 10.8. The minimum atomic E-state index is -0.724. The van der Waals surface area contributed by atoms with E-state index in [1.807, 2.05) is 6.08 Å². The molecule has 1 unspecified atom stereocenters. The molecular formula is C21H34O4. The highest BCUT2D eigenvalue weighted by atomic mass is 16.5. The van der Waals surface area contributed by atoms with Crippen molar-refractivity contribution in [3.63, 3.8) is 0 Å². The fourth-order valence-corrected chi connectivity index (χ4v) is 4.09. The zero-order valence-electron chi connectivity index (χ0n) is 15.5. The summed E-state index contributed by atoms with van der Waals surface area (Å²) >= 11 is 0. The summed E-state index contributed by atoms with van der Waals surface area (Å²) in [4.78, 5) is 10.5. The van der Waals surface area contributed by atoms with Crippen molar-refractivity contribution < 1.29 is 19.7 Å². The molecule has 2 N–H and O–H groups in total. The molecule has 5 atom stereocenters. The number of allylic oxidation sites excluding steroid dienone is 2. The van der Waals surface area contributed by atoms with Crippen molar-refractivity contribution in [2.45, 2.75) is 89.4 Å². The summed E-state index contributed by atoms with van der Waals surface area (Å²) in [7, 11) is 0. The van der Waals surface area contributed by atoms with Crippen LogP contribution in [0, 0.1) is 11.8 Å². The van der Waals surface area contributed by atoms with Crippen LogP contribution in [-0.4, -0.2) is 34.5 Å². The van der Waals surface area contributed by atoms with Crippen LogP contribution < -0.4 is 0 Å². The Kier molecular flexibility index (Phi) is 8.70. The van der Waals surface area contributed by atoms with Gasteiger partial charge in [-0.2, -0.15) is 0 Å². The van der Waals surface area contributed by atoms with Crippen LogP contribution in [0.4, 0.5) is 0 Å². The number of fused-ring (bicyclic) bond motifs is 2. The molecule has 142 valence electrons. The molecule has 2 rings (SSSR count). The second-order valence-corrected chi connectivity index (χ2v) is 7.47. The third-order valence-corrected chi connectivity index (χ3v) is 5.48. The molecule has 2 bridgehead atoms. The molecule has 0 aromatic heterocycles. The van der Waals surface area contributed by atoms with E-state index in [4.69, 9.17) is 9.84 Å². The maximum absolute atomic E-state index is 10.5. The van der Waals surface area contributed by atoms with E-state index in [1.54, 1.807) is 0 Å². The zero-order valence-corrected chi connectivity index (χ0v) is 15.5. The van der Waals surface area contributed by atoms with E-state index in [-0.39, 0.29) is 12.5 Å². The Bertz CT molecular complexity index is 457. The Morgan fingerprint density at radius 1 is 1.20 bits per heavy atom. The number of aliphatic hydroxyl groups is 1. The van der Waals surface area contributed by atoms with E-state index in [9.17, 15) is 9.90 Å². The van der Waals surface area contributed by atoms with Crippen molar-refractivity contribution in [1.82, 2.24) is 0 Å². The number of carboxylic acids is 1. The molecule has 2 aliphatic rings. The minimum Gasteiger partial charge on any atom is -0.481 e. The van der Waals surface area contributed by atoms with Gasteiger partial charge < -0.3 is 14.9 Å². The van der Waals surface area contributed by atoms with Crippen LogP contribution in [0.5, 0.6) is 0 Å². The van der Waals surface area contributed by atoms with E-state index >= 15 is 0 Å². The topological polar surface area (TPSA) is 66.8 Å². The number of hydrogen-bond donors (Lipinski definition) is 2. The van der Waals surface area contributed by atoms with Gasteiger partial charge >= 0.3 is 5.97 Å². The zero-order chi connectivity index (χ0) is 18.1. The average molecular weight is 350 g/mol. The Labute approximate surface area is 152 Å². The molecule has 0 spiro atoms. The van der Waals surface area contributed by atoms with Crippen LogP contribution in [0.2, 0.25) is 0 Å². The number of aliphatic carboxylic acids is 1. The van der Waals surface area contributed by atoms with Crippen molar-refractivity contribution in [2.75, 3.05) is 0 Å². The first-order valence-electron chi connectivity index (χ1n) is 10.0. The van der Waals surface area contributed by atoms with E-state index in [0.717, 1.165) is 38.5 Å². The number of hydrogen-bond acceptors (Lipinski definition) is 3. The van der Waals surface area contributed by atoms with E-state index < -0.39 is 5.97 Å². The van der Waals surface area contributed by atoms with Gasteiger partial charge in [0, 0.05) is 12.3 Å². The second-order valence-electron chi connectivity index (χ2n) is 7.47. The summed E-state index contributed by atoms with van der Waals surface area (Å²) in [5.41, 5.74) is 0. The van der Waals surface area contributed by atoms with Gasteiger partial charge in [-0.25, -0.2) is 0 Å². The maximum Gasteiger partial charge on any atom is 0.303 e. The largest absolute Gasteiger partial charge is 0.481 e. The van der Waals surface area contributed by atoms with Crippen LogP contribution in [0.1, 0.15) is 71.1 Å². The quantitative estimate of drug-likeness (QED) is 0.402. The first kappa shape index (κ1) is 20.2. The number of rotatable bonds is 12. The monoisotopic (exact) mass is 350 g/mol. The molecule has 0 radical (unpaired) electrons. The molecule has 0 amide bonds. The van der Waals surface area contributed by atoms with Gasteiger partial charge in [-0.05, 0) is 44.4 Å². The molecule has 2 aliphatic heterocycles. The van der Waals surface area contributed by atoms with Crippen LogP contribution in [0.3, 0.4) is 0 Å². The lowest BCUT2D eigenvalue weighted by Gasteiger charge is -2.25. The van der Waals surface area contributed by atoms with Crippen molar-refractivity contribution >= 4 is 5.97 Å². The number of carboxylic acid groups (broad SMARTS) is 1. The summed E-state index contributed by atoms with van der Waals surface area (Å²) in [5, 5.41) is 18.8. The maximum atomic E-state index is 10.5. The molecule has 25 heavy (non-hydrogen) atoms. The van der Waals surface area contributed by atoms with Crippen LogP contribution in [0.15, 0.2) is 24.3 Å². The summed E-state index contributed by atoms with van der Waals surface area (Å²) in [6.45, 7) is 2.18. The van der Waals surface area contributed by atoms with Crippen molar-refractivity contribution in [3.8, 4) is 0 Å². The molecule has 0 saturated carbocycles. The number of aliphatic hydroxyl groups excluding tert-OH is 1. The van der Waals surface area contributed by atoms with Crippen LogP contribution in [0.25, 0.3) is 0 Å². The van der Waals surface area contributed by atoms with Gasteiger partial charge in [-0.1, -0.05) is 50.5 Å².